The molecule has 1 amide bonds. The Hall–Kier alpha value is -3.56. The van der Waals surface area contributed by atoms with Gasteiger partial charge in [-0.3, -0.25) is 9.59 Å². The second-order valence-corrected chi connectivity index (χ2v) is 10.9. The van der Waals surface area contributed by atoms with Crippen molar-refractivity contribution in [1.29, 1.82) is 0 Å². The maximum atomic E-state index is 13.0. The van der Waals surface area contributed by atoms with E-state index in [1.165, 1.54) is 11.8 Å². The highest BCUT2D eigenvalue weighted by Crippen LogP contribution is 2.36. The van der Waals surface area contributed by atoms with E-state index >= 15 is 0 Å². The fourth-order valence-corrected chi connectivity index (χ4v) is 5.84. The number of nitrogens with zero attached hydrogens (tertiary/aromatic N) is 4. The summed E-state index contributed by atoms with van der Waals surface area (Å²) in [5, 5.41) is 6.02. The molecule has 40 heavy (non-hydrogen) atoms. The average Bonchev–Trinajstić information content (AvgIpc) is 3.56. The molecule has 0 bridgehead atoms. The Labute approximate surface area is 243 Å². The van der Waals surface area contributed by atoms with Crippen LogP contribution in [0.5, 0.6) is 5.75 Å². The molecular formula is C30H31ClN4O4S. The normalized spacial score (nSPS) is 16.9. The van der Waals surface area contributed by atoms with E-state index in [9.17, 15) is 9.59 Å². The lowest BCUT2D eigenvalue weighted by molar-refractivity contribution is -0.149. The summed E-state index contributed by atoms with van der Waals surface area (Å²) in [6.07, 6.45) is 5.99. The molecule has 0 saturated carbocycles. The summed E-state index contributed by atoms with van der Waals surface area (Å²) in [5.74, 6) is 0.0898. The molecule has 2 aliphatic rings. The SMILES string of the molecule is CCCOc1ccc(-c2nn(-c3ccccc3)cc2/C=C2\SC(N3CCC(C(=O)OCC)CC3)=NC2=O)cc1Cl. The number of esters is 1. The van der Waals surface area contributed by atoms with Crippen LogP contribution in [0.3, 0.4) is 0 Å². The van der Waals surface area contributed by atoms with Crippen molar-refractivity contribution in [3.63, 3.8) is 0 Å². The molecular weight excluding hydrogens is 548 g/mol. The quantitative estimate of drug-likeness (QED) is 0.231. The van der Waals surface area contributed by atoms with Crippen LogP contribution in [0.4, 0.5) is 0 Å². The first-order chi connectivity index (χ1) is 19.5. The number of piperidine rings is 1. The number of aromatic nitrogens is 2. The smallest absolute Gasteiger partial charge is 0.309 e. The van der Waals surface area contributed by atoms with E-state index in [2.05, 4.69) is 9.89 Å². The summed E-state index contributed by atoms with van der Waals surface area (Å²) in [5.41, 5.74) is 3.18. The van der Waals surface area contributed by atoms with E-state index in [0.29, 0.717) is 65.7 Å². The van der Waals surface area contributed by atoms with Gasteiger partial charge in [0.25, 0.3) is 5.91 Å². The lowest BCUT2D eigenvalue weighted by atomic mass is 9.97. The molecule has 5 rings (SSSR count). The number of thioether (sulfide) groups is 1. The predicted molar refractivity (Wildman–Crippen MR) is 159 cm³/mol. The van der Waals surface area contributed by atoms with Gasteiger partial charge >= 0.3 is 5.97 Å². The summed E-state index contributed by atoms with van der Waals surface area (Å²) >= 11 is 7.90. The number of benzene rings is 2. The van der Waals surface area contributed by atoms with Crippen molar-refractivity contribution in [2.24, 2.45) is 10.9 Å². The Morgan fingerprint density at radius 1 is 1.15 bits per heavy atom. The molecule has 0 spiro atoms. The zero-order valence-electron chi connectivity index (χ0n) is 22.5. The number of likely N-dealkylation sites (tertiary alicyclic amines) is 1. The molecule has 1 aromatic heterocycles. The molecule has 1 saturated heterocycles. The van der Waals surface area contributed by atoms with Crippen LogP contribution >= 0.6 is 23.4 Å². The van der Waals surface area contributed by atoms with E-state index in [1.54, 1.807) is 4.68 Å². The monoisotopic (exact) mass is 578 g/mol. The van der Waals surface area contributed by atoms with Gasteiger partial charge in [0.1, 0.15) is 11.4 Å². The predicted octanol–water partition coefficient (Wildman–Crippen LogP) is 6.23. The number of amides is 1. The van der Waals surface area contributed by atoms with Crippen LogP contribution in [0.25, 0.3) is 23.0 Å². The number of para-hydroxylation sites is 1. The highest BCUT2D eigenvalue weighted by Gasteiger charge is 2.32. The number of halogens is 1. The van der Waals surface area contributed by atoms with Crippen molar-refractivity contribution in [3.05, 3.63) is 70.2 Å². The summed E-state index contributed by atoms with van der Waals surface area (Å²) < 4.78 is 12.7. The lowest BCUT2D eigenvalue weighted by Gasteiger charge is -2.31. The van der Waals surface area contributed by atoms with Crippen LogP contribution < -0.4 is 4.74 Å². The Kier molecular flexibility index (Phi) is 8.91. The number of hydrogen-bond donors (Lipinski definition) is 0. The molecule has 2 aliphatic heterocycles. The first kappa shape index (κ1) is 28.0. The zero-order chi connectivity index (χ0) is 28.1. The fourth-order valence-electron chi connectivity index (χ4n) is 4.65. The maximum absolute atomic E-state index is 13.0. The summed E-state index contributed by atoms with van der Waals surface area (Å²) in [4.78, 5) is 32.0. The number of hydrogen-bond acceptors (Lipinski definition) is 7. The first-order valence-corrected chi connectivity index (χ1v) is 14.7. The third kappa shape index (κ3) is 6.26. The Morgan fingerprint density at radius 2 is 1.93 bits per heavy atom. The summed E-state index contributed by atoms with van der Waals surface area (Å²) in [7, 11) is 0. The molecule has 10 heteroatoms. The van der Waals surface area contributed by atoms with Crippen molar-refractivity contribution >= 4 is 46.5 Å². The molecule has 0 atom stereocenters. The van der Waals surface area contributed by atoms with Crippen LogP contribution in [0.15, 0.2) is 64.6 Å². The van der Waals surface area contributed by atoms with Gasteiger partial charge in [0.05, 0.1) is 34.7 Å². The van der Waals surface area contributed by atoms with Gasteiger partial charge < -0.3 is 14.4 Å². The molecule has 208 valence electrons. The van der Waals surface area contributed by atoms with E-state index < -0.39 is 0 Å². The molecule has 0 radical (unpaired) electrons. The number of carbonyl (C=O) groups excluding carboxylic acids is 2. The summed E-state index contributed by atoms with van der Waals surface area (Å²) in [6, 6.07) is 15.4. The van der Waals surface area contributed by atoms with E-state index in [1.807, 2.05) is 74.7 Å². The molecule has 3 aromatic rings. The molecule has 0 aliphatic carbocycles. The minimum Gasteiger partial charge on any atom is -0.492 e. The third-order valence-corrected chi connectivity index (χ3v) is 8.05. The molecule has 0 N–H and O–H groups in total. The summed E-state index contributed by atoms with van der Waals surface area (Å²) in [6.45, 7) is 6.13. The maximum Gasteiger partial charge on any atom is 0.309 e. The highest BCUT2D eigenvalue weighted by molar-refractivity contribution is 8.18. The second kappa shape index (κ2) is 12.7. The fraction of sp³-hybridized carbons (Fsp3) is 0.333. The van der Waals surface area contributed by atoms with Crippen molar-refractivity contribution < 1.29 is 19.1 Å². The molecule has 2 aromatic carbocycles. The zero-order valence-corrected chi connectivity index (χ0v) is 24.1. The van der Waals surface area contributed by atoms with Crippen molar-refractivity contribution in [3.8, 4) is 22.7 Å². The van der Waals surface area contributed by atoms with Gasteiger partial charge in [-0.25, -0.2) is 4.68 Å². The van der Waals surface area contributed by atoms with Crippen molar-refractivity contribution in [2.75, 3.05) is 26.3 Å². The van der Waals surface area contributed by atoms with Gasteiger partial charge in [-0.05, 0) is 74.4 Å². The Balaban J connectivity index is 1.40. The molecule has 3 heterocycles. The number of carbonyl (C=O) groups is 2. The van der Waals surface area contributed by atoms with Crippen LogP contribution in [-0.2, 0) is 14.3 Å². The largest absolute Gasteiger partial charge is 0.492 e. The van der Waals surface area contributed by atoms with E-state index in [0.717, 1.165) is 23.2 Å². The molecule has 0 unspecified atom stereocenters. The Bertz CT molecular complexity index is 1450. The number of ether oxygens (including phenoxy) is 2. The Morgan fingerprint density at radius 3 is 2.62 bits per heavy atom. The van der Waals surface area contributed by atoms with Gasteiger partial charge in [-0.2, -0.15) is 10.1 Å². The van der Waals surface area contributed by atoms with Crippen LogP contribution in [-0.4, -0.2) is 58.0 Å². The van der Waals surface area contributed by atoms with Gasteiger partial charge in [-0.1, -0.05) is 36.7 Å². The number of aliphatic imine (C=N–C) groups is 1. The lowest BCUT2D eigenvalue weighted by Crippen LogP contribution is -2.39. The van der Waals surface area contributed by atoms with Crippen LogP contribution in [0.2, 0.25) is 5.02 Å². The van der Waals surface area contributed by atoms with Gasteiger partial charge in [0.2, 0.25) is 0 Å². The topological polar surface area (TPSA) is 86.0 Å². The number of rotatable bonds is 8. The number of amidine groups is 1. The first-order valence-electron chi connectivity index (χ1n) is 13.5. The standard InChI is InChI=1S/C30H31ClN4O4S/c1-3-16-39-25-11-10-21(17-24(25)31)27-22(19-35(33-27)23-8-6-5-7-9-23)18-26-28(36)32-30(40-26)34-14-12-20(13-15-34)29(37)38-4-2/h5-11,17-20H,3-4,12-16H2,1-2H3/b26-18-. The average molecular weight is 579 g/mol. The molecule has 8 nitrogen and oxygen atoms in total. The van der Waals surface area contributed by atoms with E-state index in [4.69, 9.17) is 26.2 Å². The minimum atomic E-state index is -0.285. The third-order valence-electron chi connectivity index (χ3n) is 6.71. The van der Waals surface area contributed by atoms with Gasteiger partial charge in [0.15, 0.2) is 5.17 Å². The van der Waals surface area contributed by atoms with Gasteiger partial charge in [0, 0.05) is 30.4 Å². The van der Waals surface area contributed by atoms with Crippen LogP contribution in [0.1, 0.15) is 38.7 Å². The van der Waals surface area contributed by atoms with Gasteiger partial charge in [-0.15, -0.1) is 0 Å². The minimum absolute atomic E-state index is 0.106. The van der Waals surface area contributed by atoms with Crippen molar-refractivity contribution in [2.45, 2.75) is 33.1 Å². The second-order valence-electron chi connectivity index (χ2n) is 9.53. The van der Waals surface area contributed by atoms with Crippen LogP contribution in [0, 0.1) is 5.92 Å². The molecule has 1 fully saturated rings. The van der Waals surface area contributed by atoms with E-state index in [-0.39, 0.29) is 17.8 Å². The highest BCUT2D eigenvalue weighted by atomic mass is 35.5. The van der Waals surface area contributed by atoms with Crippen molar-refractivity contribution in [1.82, 2.24) is 14.7 Å².